The molecule has 0 aromatic heterocycles. The zero-order chi connectivity index (χ0) is 19.7. The number of hydrazone groups is 1. The van der Waals surface area contributed by atoms with Crippen molar-refractivity contribution in [3.63, 3.8) is 0 Å². The van der Waals surface area contributed by atoms with E-state index in [1.807, 2.05) is 0 Å². The van der Waals surface area contributed by atoms with E-state index in [2.05, 4.69) is 15.8 Å². The summed E-state index contributed by atoms with van der Waals surface area (Å²) in [6.45, 7) is 3.37. The first-order valence-electron chi connectivity index (χ1n) is 10.5. The predicted octanol–water partition coefficient (Wildman–Crippen LogP) is 0.668. The van der Waals surface area contributed by atoms with Crippen molar-refractivity contribution in [2.75, 3.05) is 26.3 Å². The molecular weight excluding hydrogens is 360 g/mol. The maximum atomic E-state index is 12.5. The molecule has 0 unspecified atom stereocenters. The average Bonchev–Trinajstić information content (AvgIpc) is 2.68. The number of hydrogen-bond donors (Lipinski definition) is 2. The fourth-order valence-electron chi connectivity index (χ4n) is 5.77. The predicted molar refractivity (Wildman–Crippen MR) is 102 cm³/mol. The Hall–Kier alpha value is -1.96. The maximum Gasteiger partial charge on any atom is 0.329 e. The van der Waals surface area contributed by atoms with Gasteiger partial charge in [-0.25, -0.2) is 5.43 Å². The third kappa shape index (κ3) is 4.21. The van der Waals surface area contributed by atoms with Gasteiger partial charge in [0.15, 0.2) is 0 Å². The molecule has 8 heteroatoms. The number of carbonyl (C=O) groups is 3. The molecule has 4 bridgehead atoms. The summed E-state index contributed by atoms with van der Waals surface area (Å²) < 4.78 is 5.17. The van der Waals surface area contributed by atoms with Crippen molar-refractivity contribution < 1.29 is 19.1 Å². The number of rotatable bonds is 4. The minimum absolute atomic E-state index is 0.0486. The molecule has 28 heavy (non-hydrogen) atoms. The molecular formula is C20H30N4O4. The second-order valence-electron chi connectivity index (χ2n) is 8.89. The summed E-state index contributed by atoms with van der Waals surface area (Å²) in [5, 5.41) is 7.18. The molecule has 1 heterocycles. The summed E-state index contributed by atoms with van der Waals surface area (Å²) >= 11 is 0. The molecule has 8 nitrogen and oxygen atoms in total. The van der Waals surface area contributed by atoms with Crippen LogP contribution in [-0.4, -0.2) is 60.7 Å². The summed E-state index contributed by atoms with van der Waals surface area (Å²) in [5.41, 5.74) is 2.77. The molecule has 5 fully saturated rings. The van der Waals surface area contributed by atoms with Crippen LogP contribution in [-0.2, 0) is 19.1 Å². The zero-order valence-electron chi connectivity index (χ0n) is 16.5. The van der Waals surface area contributed by atoms with Crippen molar-refractivity contribution in [2.45, 2.75) is 51.5 Å². The van der Waals surface area contributed by atoms with Crippen LogP contribution < -0.4 is 10.7 Å². The Morgan fingerprint density at radius 3 is 2.21 bits per heavy atom. The van der Waals surface area contributed by atoms with Crippen molar-refractivity contribution in [3.8, 4) is 0 Å². The van der Waals surface area contributed by atoms with E-state index in [0.717, 1.165) is 11.8 Å². The Balaban J connectivity index is 1.24. The van der Waals surface area contributed by atoms with Gasteiger partial charge < -0.3 is 15.0 Å². The fourth-order valence-corrected chi connectivity index (χ4v) is 5.77. The molecule has 4 aliphatic carbocycles. The first-order valence-corrected chi connectivity index (χ1v) is 10.5. The van der Waals surface area contributed by atoms with Crippen molar-refractivity contribution >= 4 is 23.4 Å². The molecule has 154 valence electrons. The SMILES string of the molecule is CC(CC(=O)NC1C2CC3CC(C2)CC1C3)=NNC(=O)C(=O)N1CCOCC1. The van der Waals surface area contributed by atoms with E-state index < -0.39 is 11.8 Å². The van der Waals surface area contributed by atoms with E-state index in [4.69, 9.17) is 4.74 Å². The van der Waals surface area contributed by atoms with Gasteiger partial charge in [-0.1, -0.05) is 0 Å². The number of morpholine rings is 1. The van der Waals surface area contributed by atoms with E-state index in [0.29, 0.717) is 49.9 Å². The van der Waals surface area contributed by atoms with Gasteiger partial charge in [0.1, 0.15) is 0 Å². The lowest BCUT2D eigenvalue weighted by atomic mass is 9.54. The highest BCUT2D eigenvalue weighted by atomic mass is 16.5. The fraction of sp³-hybridized carbons (Fsp3) is 0.800. The molecule has 0 spiro atoms. The zero-order valence-corrected chi connectivity index (χ0v) is 16.5. The third-order valence-electron chi connectivity index (χ3n) is 6.81. The second-order valence-corrected chi connectivity index (χ2v) is 8.89. The molecule has 3 amide bonds. The van der Waals surface area contributed by atoms with Gasteiger partial charge in [-0.15, -0.1) is 0 Å². The monoisotopic (exact) mass is 390 g/mol. The summed E-state index contributed by atoms with van der Waals surface area (Å²) in [6, 6.07) is 0.297. The van der Waals surface area contributed by atoms with Gasteiger partial charge in [-0.3, -0.25) is 14.4 Å². The molecule has 1 saturated heterocycles. The van der Waals surface area contributed by atoms with Gasteiger partial charge in [0.05, 0.1) is 19.6 Å². The lowest BCUT2D eigenvalue weighted by Crippen LogP contribution is -2.56. The number of ether oxygens (including phenoxy) is 1. The quantitative estimate of drug-likeness (QED) is 0.419. The minimum atomic E-state index is -0.775. The van der Waals surface area contributed by atoms with Crippen LogP contribution in [0.4, 0.5) is 0 Å². The molecule has 0 aromatic carbocycles. The van der Waals surface area contributed by atoms with Crippen molar-refractivity contribution in [1.29, 1.82) is 0 Å². The molecule has 2 N–H and O–H groups in total. The van der Waals surface area contributed by atoms with Crippen molar-refractivity contribution in [3.05, 3.63) is 0 Å². The van der Waals surface area contributed by atoms with Gasteiger partial charge in [-0.2, -0.15) is 5.10 Å². The summed E-state index contributed by atoms with van der Waals surface area (Å²) in [6.07, 6.45) is 6.54. The molecule has 5 rings (SSSR count). The van der Waals surface area contributed by atoms with Gasteiger partial charge in [0.25, 0.3) is 0 Å². The van der Waals surface area contributed by atoms with Crippen LogP contribution in [0.15, 0.2) is 5.10 Å². The highest BCUT2D eigenvalue weighted by Crippen LogP contribution is 2.53. The Labute approximate surface area is 165 Å². The second kappa shape index (κ2) is 8.19. The highest BCUT2D eigenvalue weighted by Gasteiger charge is 2.48. The molecule has 4 saturated carbocycles. The number of nitrogens with zero attached hydrogens (tertiary/aromatic N) is 2. The van der Waals surface area contributed by atoms with Crippen LogP contribution in [0.25, 0.3) is 0 Å². The molecule has 0 aromatic rings. The number of nitrogens with one attached hydrogen (secondary N) is 2. The molecule has 5 aliphatic rings. The standard InChI is InChI=1S/C20H30N4O4/c1-12(22-23-19(26)20(27)24-2-4-28-5-3-24)6-17(25)21-18-15-8-13-7-14(10-15)11-16(18)9-13/h13-16,18H,2-11H2,1H3,(H,21,25)(H,23,26). The Bertz CT molecular complexity index is 643. The van der Waals surface area contributed by atoms with Gasteiger partial charge in [-0.05, 0) is 62.7 Å². The van der Waals surface area contributed by atoms with E-state index in [-0.39, 0.29) is 12.3 Å². The molecule has 1 aliphatic heterocycles. The first-order chi connectivity index (χ1) is 13.5. The van der Waals surface area contributed by atoms with Crippen LogP contribution in [0.2, 0.25) is 0 Å². The lowest BCUT2D eigenvalue weighted by molar-refractivity contribution is -0.148. The van der Waals surface area contributed by atoms with Crippen LogP contribution in [0.3, 0.4) is 0 Å². The Morgan fingerprint density at radius 1 is 1.00 bits per heavy atom. The van der Waals surface area contributed by atoms with E-state index in [9.17, 15) is 14.4 Å². The summed E-state index contributed by atoms with van der Waals surface area (Å²) in [5.74, 6) is 1.57. The van der Waals surface area contributed by atoms with Crippen molar-refractivity contribution in [2.24, 2.45) is 28.8 Å². The normalized spacial score (nSPS) is 34.2. The Kier molecular flexibility index (Phi) is 5.66. The molecule has 0 atom stereocenters. The van der Waals surface area contributed by atoms with Gasteiger partial charge >= 0.3 is 11.8 Å². The average molecular weight is 390 g/mol. The van der Waals surface area contributed by atoms with Crippen LogP contribution >= 0.6 is 0 Å². The van der Waals surface area contributed by atoms with Crippen molar-refractivity contribution in [1.82, 2.24) is 15.6 Å². The van der Waals surface area contributed by atoms with Crippen LogP contribution in [0, 0.1) is 23.7 Å². The smallest absolute Gasteiger partial charge is 0.329 e. The van der Waals surface area contributed by atoms with E-state index in [1.54, 1.807) is 6.92 Å². The number of amides is 3. The summed E-state index contributed by atoms with van der Waals surface area (Å²) in [7, 11) is 0. The third-order valence-corrected chi connectivity index (χ3v) is 6.81. The van der Waals surface area contributed by atoms with Gasteiger partial charge in [0, 0.05) is 24.8 Å². The Morgan fingerprint density at radius 2 is 1.61 bits per heavy atom. The maximum absolute atomic E-state index is 12.5. The van der Waals surface area contributed by atoms with Crippen LogP contribution in [0.1, 0.15) is 45.4 Å². The van der Waals surface area contributed by atoms with E-state index >= 15 is 0 Å². The van der Waals surface area contributed by atoms with Gasteiger partial charge in [0.2, 0.25) is 5.91 Å². The largest absolute Gasteiger partial charge is 0.378 e. The van der Waals surface area contributed by atoms with E-state index in [1.165, 1.54) is 37.0 Å². The lowest BCUT2D eigenvalue weighted by Gasteiger charge is -2.54. The molecule has 0 radical (unpaired) electrons. The van der Waals surface area contributed by atoms with Crippen LogP contribution in [0.5, 0.6) is 0 Å². The highest BCUT2D eigenvalue weighted by molar-refractivity contribution is 6.35. The summed E-state index contributed by atoms with van der Waals surface area (Å²) in [4.78, 5) is 37.9. The topological polar surface area (TPSA) is 100 Å². The number of hydrogen-bond acceptors (Lipinski definition) is 5. The number of carbonyl (C=O) groups excluding carboxylic acids is 3. The minimum Gasteiger partial charge on any atom is -0.378 e. The first kappa shape index (κ1) is 19.4.